The van der Waals surface area contributed by atoms with Gasteiger partial charge < -0.3 is 0 Å². The third-order valence-electron chi connectivity index (χ3n) is 4.72. The van der Waals surface area contributed by atoms with Crippen LogP contribution in [-0.4, -0.2) is 30.1 Å². The normalized spacial score (nSPS) is 14.1. The summed E-state index contributed by atoms with van der Waals surface area (Å²) in [5.74, 6) is -0.137. The third kappa shape index (κ3) is 5.06. The highest BCUT2D eigenvalue weighted by Crippen LogP contribution is 2.35. The largest absolute Gasteiger partial charge is 0.290 e. The summed E-state index contributed by atoms with van der Waals surface area (Å²) < 4.78 is 0. The molecule has 0 aliphatic carbocycles. The Morgan fingerprint density at radius 2 is 2.03 bits per heavy atom. The highest BCUT2D eigenvalue weighted by atomic mass is 35.5. The average molecular weight is 444 g/mol. The second-order valence-corrected chi connectivity index (χ2v) is 8.83. The first-order chi connectivity index (χ1) is 14.1. The molecule has 0 bridgehead atoms. The quantitative estimate of drug-likeness (QED) is 0.433. The summed E-state index contributed by atoms with van der Waals surface area (Å²) in [5, 5.41) is 5.36. The first-order valence-electron chi connectivity index (χ1n) is 9.25. The molecule has 1 aliphatic rings. The topological polar surface area (TPSA) is 44.7 Å². The van der Waals surface area contributed by atoms with Gasteiger partial charge in [-0.25, -0.2) is 5.43 Å². The van der Waals surface area contributed by atoms with Crippen LogP contribution >= 0.6 is 34.5 Å². The van der Waals surface area contributed by atoms with Crippen molar-refractivity contribution in [1.82, 2.24) is 10.3 Å². The van der Waals surface area contributed by atoms with Crippen molar-refractivity contribution < 1.29 is 4.79 Å². The van der Waals surface area contributed by atoms with Gasteiger partial charge in [0.1, 0.15) is 0 Å². The van der Waals surface area contributed by atoms with Gasteiger partial charge in [-0.3, -0.25) is 9.69 Å². The predicted octanol–water partition coefficient (Wildman–Crippen LogP) is 5.23. The lowest BCUT2D eigenvalue weighted by Gasteiger charge is -2.25. The van der Waals surface area contributed by atoms with Crippen molar-refractivity contribution in [3.63, 3.8) is 0 Å². The number of carbonyl (C=O) groups is 1. The molecule has 3 aromatic rings. The molecule has 2 aromatic carbocycles. The highest BCUT2D eigenvalue weighted by Gasteiger charge is 2.21. The van der Waals surface area contributed by atoms with E-state index in [0.29, 0.717) is 11.6 Å². The molecule has 0 saturated carbocycles. The van der Waals surface area contributed by atoms with Crippen LogP contribution < -0.4 is 5.43 Å². The van der Waals surface area contributed by atoms with Crippen molar-refractivity contribution in [2.45, 2.75) is 13.0 Å². The van der Waals surface area contributed by atoms with Gasteiger partial charge in [-0.05, 0) is 41.8 Å². The van der Waals surface area contributed by atoms with Gasteiger partial charge >= 0.3 is 0 Å². The number of nitrogens with one attached hydrogen (secondary N) is 1. The zero-order chi connectivity index (χ0) is 20.2. The van der Waals surface area contributed by atoms with Crippen LogP contribution in [0.4, 0.5) is 0 Å². The Balaban J connectivity index is 1.35. The molecule has 0 fully saturated rings. The zero-order valence-electron chi connectivity index (χ0n) is 15.6. The predicted molar refractivity (Wildman–Crippen MR) is 121 cm³/mol. The molecule has 7 heteroatoms. The molecule has 0 spiro atoms. The fourth-order valence-electron chi connectivity index (χ4n) is 3.30. The SMILES string of the molecule is O=C(CN1CCc2sc(-c3cccc(Cl)c3)cc2C1)NN=Cc1ccccc1Cl. The van der Waals surface area contributed by atoms with Crippen LogP contribution in [0.15, 0.2) is 59.7 Å². The molecule has 1 amide bonds. The lowest BCUT2D eigenvalue weighted by Crippen LogP contribution is -2.38. The van der Waals surface area contributed by atoms with Crippen LogP contribution in [0.5, 0.6) is 0 Å². The summed E-state index contributed by atoms with van der Waals surface area (Å²) in [4.78, 5) is 17.0. The van der Waals surface area contributed by atoms with Crippen LogP contribution in [0.1, 0.15) is 16.0 Å². The van der Waals surface area contributed by atoms with Crippen molar-refractivity contribution in [3.05, 3.63) is 80.6 Å². The van der Waals surface area contributed by atoms with Crippen LogP contribution in [-0.2, 0) is 17.8 Å². The molecule has 4 rings (SSSR count). The summed E-state index contributed by atoms with van der Waals surface area (Å²) in [7, 11) is 0. The maximum atomic E-state index is 12.3. The number of nitrogens with zero attached hydrogens (tertiary/aromatic N) is 2. The van der Waals surface area contributed by atoms with E-state index in [2.05, 4.69) is 27.6 Å². The Kier molecular flexibility index (Phi) is 6.31. The molecular weight excluding hydrogens is 425 g/mol. The van der Waals surface area contributed by atoms with Crippen molar-refractivity contribution in [2.24, 2.45) is 5.10 Å². The first-order valence-corrected chi connectivity index (χ1v) is 10.8. The molecule has 4 nitrogen and oxygen atoms in total. The van der Waals surface area contributed by atoms with Gasteiger partial charge in [-0.2, -0.15) is 5.10 Å². The molecular formula is C22H19Cl2N3OS. The smallest absolute Gasteiger partial charge is 0.254 e. The minimum atomic E-state index is -0.137. The molecule has 0 unspecified atom stereocenters. The number of fused-ring (bicyclic) bond motifs is 1. The van der Waals surface area contributed by atoms with Crippen LogP contribution in [0, 0.1) is 0 Å². The Morgan fingerprint density at radius 1 is 1.17 bits per heavy atom. The lowest BCUT2D eigenvalue weighted by atomic mass is 10.1. The van der Waals surface area contributed by atoms with Gasteiger partial charge in [0.05, 0.1) is 12.8 Å². The Morgan fingerprint density at radius 3 is 2.86 bits per heavy atom. The minimum absolute atomic E-state index is 0.137. The Bertz CT molecular complexity index is 1060. The number of amides is 1. The van der Waals surface area contributed by atoms with E-state index in [1.807, 2.05) is 47.7 Å². The molecule has 1 N–H and O–H groups in total. The molecule has 0 saturated heterocycles. The summed E-state index contributed by atoms with van der Waals surface area (Å²) in [6, 6.07) is 17.5. The number of carbonyl (C=O) groups excluding carboxylic acids is 1. The van der Waals surface area contributed by atoms with Crippen molar-refractivity contribution >= 4 is 46.7 Å². The zero-order valence-corrected chi connectivity index (χ0v) is 17.9. The van der Waals surface area contributed by atoms with Gasteiger partial charge in [0, 0.05) is 38.5 Å². The van der Waals surface area contributed by atoms with Gasteiger partial charge in [0.2, 0.25) is 0 Å². The standard InChI is InChI=1S/C22H19Cl2N3OS/c23-18-6-3-5-15(10-18)21-11-17-13-27(9-8-20(17)29-21)14-22(28)26-25-12-16-4-1-2-7-19(16)24/h1-7,10-12H,8-9,13-14H2,(H,26,28). The van der Waals surface area contributed by atoms with E-state index in [-0.39, 0.29) is 5.91 Å². The monoisotopic (exact) mass is 443 g/mol. The van der Waals surface area contributed by atoms with Crippen LogP contribution in [0.3, 0.4) is 0 Å². The highest BCUT2D eigenvalue weighted by molar-refractivity contribution is 7.15. The molecule has 0 radical (unpaired) electrons. The number of thiophene rings is 1. The van der Waals surface area contributed by atoms with E-state index < -0.39 is 0 Å². The fraction of sp³-hybridized carbons (Fsp3) is 0.182. The van der Waals surface area contributed by atoms with Gasteiger partial charge in [0.15, 0.2) is 0 Å². The van der Waals surface area contributed by atoms with Gasteiger partial charge in [-0.15, -0.1) is 11.3 Å². The summed E-state index contributed by atoms with van der Waals surface area (Å²) >= 11 is 14.0. The van der Waals surface area contributed by atoms with E-state index in [1.165, 1.54) is 15.3 Å². The number of hydrogen-bond donors (Lipinski definition) is 1. The van der Waals surface area contributed by atoms with Crippen LogP contribution in [0.25, 0.3) is 10.4 Å². The van der Waals surface area contributed by atoms with E-state index in [9.17, 15) is 4.79 Å². The van der Waals surface area contributed by atoms with Gasteiger partial charge in [-0.1, -0.05) is 53.5 Å². The number of rotatable bonds is 5. The summed E-state index contributed by atoms with van der Waals surface area (Å²) in [6.45, 7) is 1.92. The van der Waals surface area contributed by atoms with Gasteiger partial charge in [0.25, 0.3) is 5.91 Å². The number of halogens is 2. The maximum Gasteiger partial charge on any atom is 0.254 e. The van der Waals surface area contributed by atoms with Crippen molar-refractivity contribution in [3.8, 4) is 10.4 Å². The molecule has 1 aromatic heterocycles. The van der Waals surface area contributed by atoms with E-state index in [0.717, 1.165) is 35.7 Å². The Hall–Kier alpha value is -2.18. The van der Waals surface area contributed by atoms with E-state index in [1.54, 1.807) is 12.3 Å². The van der Waals surface area contributed by atoms with Crippen molar-refractivity contribution in [1.29, 1.82) is 0 Å². The molecule has 1 aliphatic heterocycles. The van der Waals surface area contributed by atoms with Crippen molar-refractivity contribution in [2.75, 3.05) is 13.1 Å². The number of hydrogen-bond acceptors (Lipinski definition) is 4. The minimum Gasteiger partial charge on any atom is -0.290 e. The molecule has 0 atom stereocenters. The molecule has 148 valence electrons. The molecule has 29 heavy (non-hydrogen) atoms. The summed E-state index contributed by atoms with van der Waals surface area (Å²) in [5.41, 5.74) is 5.77. The van der Waals surface area contributed by atoms with Crippen LogP contribution in [0.2, 0.25) is 10.0 Å². The average Bonchev–Trinajstić information content (AvgIpc) is 3.13. The first kappa shape index (κ1) is 20.1. The Labute approximate surface area is 183 Å². The van der Waals surface area contributed by atoms with E-state index in [4.69, 9.17) is 23.2 Å². The number of hydrazone groups is 1. The second kappa shape index (κ2) is 9.09. The summed E-state index contributed by atoms with van der Waals surface area (Å²) in [6.07, 6.45) is 2.50. The molecule has 2 heterocycles. The van der Waals surface area contributed by atoms with E-state index >= 15 is 0 Å². The lowest BCUT2D eigenvalue weighted by molar-refractivity contribution is -0.122. The third-order valence-corrected chi connectivity index (χ3v) is 6.59. The maximum absolute atomic E-state index is 12.3. The number of benzene rings is 2. The fourth-order valence-corrected chi connectivity index (χ4v) is 4.84. The second-order valence-electron chi connectivity index (χ2n) is 6.84.